The highest BCUT2D eigenvalue weighted by Crippen LogP contribution is 2.22. The van der Waals surface area contributed by atoms with Gasteiger partial charge in [-0.05, 0) is 32.2 Å². The number of esters is 1. The van der Waals surface area contributed by atoms with E-state index in [1.807, 2.05) is 17.5 Å². The molecular formula is C14H24N2O2S. The summed E-state index contributed by atoms with van der Waals surface area (Å²) < 4.78 is 4.75. The maximum absolute atomic E-state index is 11.4. The van der Waals surface area contributed by atoms with E-state index in [9.17, 15) is 4.79 Å². The Kier molecular flexibility index (Phi) is 6.48. The van der Waals surface area contributed by atoms with Crippen LogP contribution in [0.5, 0.6) is 0 Å². The van der Waals surface area contributed by atoms with Gasteiger partial charge in [0.1, 0.15) is 0 Å². The molecule has 0 fully saturated rings. The van der Waals surface area contributed by atoms with Gasteiger partial charge in [-0.2, -0.15) is 0 Å². The second-order valence-electron chi connectivity index (χ2n) is 5.48. The third kappa shape index (κ3) is 6.71. The Morgan fingerprint density at radius 1 is 1.42 bits per heavy atom. The molecule has 0 spiro atoms. The van der Waals surface area contributed by atoms with Crippen molar-refractivity contribution in [3.63, 3.8) is 0 Å². The van der Waals surface area contributed by atoms with Crippen LogP contribution in [-0.4, -0.2) is 31.7 Å². The molecule has 1 aromatic rings. The molecule has 1 aromatic heterocycles. The first-order valence-corrected chi connectivity index (χ1v) is 7.39. The molecule has 0 amide bonds. The highest BCUT2D eigenvalue weighted by Gasteiger charge is 2.17. The first-order chi connectivity index (χ1) is 8.92. The molecule has 0 aliphatic heterocycles. The van der Waals surface area contributed by atoms with Crippen LogP contribution in [0, 0.1) is 0 Å². The van der Waals surface area contributed by atoms with E-state index in [1.165, 1.54) is 12.0 Å². The van der Waals surface area contributed by atoms with Crippen LogP contribution in [-0.2, 0) is 9.53 Å². The molecule has 4 nitrogen and oxygen atoms in total. The normalized spacial score (nSPS) is 13.3. The summed E-state index contributed by atoms with van der Waals surface area (Å²) in [6.45, 7) is 8.10. The van der Waals surface area contributed by atoms with E-state index in [-0.39, 0.29) is 17.6 Å². The molecular weight excluding hydrogens is 260 g/mol. The summed E-state index contributed by atoms with van der Waals surface area (Å²) in [7, 11) is 1.43. The Hall–Kier alpha value is -0.910. The van der Waals surface area contributed by atoms with Crippen LogP contribution in [0.4, 0.5) is 0 Å². The summed E-state index contributed by atoms with van der Waals surface area (Å²) in [6, 6.07) is 4.08. The van der Waals surface area contributed by atoms with Crippen LogP contribution in [0.15, 0.2) is 17.5 Å². The second-order valence-corrected chi connectivity index (χ2v) is 6.46. The van der Waals surface area contributed by atoms with Gasteiger partial charge in [0.05, 0.1) is 19.6 Å². The Labute approximate surface area is 119 Å². The smallest absolute Gasteiger partial charge is 0.307 e. The number of methoxy groups -OCH3 is 1. The maximum Gasteiger partial charge on any atom is 0.307 e. The SMILES string of the molecule is COC(=O)CC(NCCNC(C)(C)C)c1cccs1. The van der Waals surface area contributed by atoms with Gasteiger partial charge in [-0.25, -0.2) is 0 Å². The fourth-order valence-corrected chi connectivity index (χ4v) is 2.50. The van der Waals surface area contributed by atoms with Crippen molar-refractivity contribution in [2.75, 3.05) is 20.2 Å². The molecule has 1 unspecified atom stereocenters. The van der Waals surface area contributed by atoms with Crippen molar-refractivity contribution in [1.29, 1.82) is 0 Å². The van der Waals surface area contributed by atoms with Crippen molar-refractivity contribution in [2.45, 2.75) is 38.8 Å². The first kappa shape index (κ1) is 16.1. The lowest BCUT2D eigenvalue weighted by Gasteiger charge is -2.22. The summed E-state index contributed by atoms with van der Waals surface area (Å²) in [6.07, 6.45) is 0.368. The third-order valence-electron chi connectivity index (χ3n) is 2.66. The molecule has 1 rings (SSSR count). The summed E-state index contributed by atoms with van der Waals surface area (Å²) in [4.78, 5) is 12.6. The third-order valence-corrected chi connectivity index (χ3v) is 3.64. The average Bonchev–Trinajstić information content (AvgIpc) is 2.85. The minimum absolute atomic E-state index is 0.0363. The van der Waals surface area contributed by atoms with E-state index >= 15 is 0 Å². The van der Waals surface area contributed by atoms with Gasteiger partial charge in [-0.15, -0.1) is 11.3 Å². The number of carbonyl (C=O) groups excluding carboxylic acids is 1. The molecule has 0 aromatic carbocycles. The van der Waals surface area contributed by atoms with Gasteiger partial charge in [-0.1, -0.05) is 6.07 Å². The van der Waals surface area contributed by atoms with Gasteiger partial charge in [0, 0.05) is 23.5 Å². The zero-order valence-electron chi connectivity index (χ0n) is 12.2. The van der Waals surface area contributed by atoms with Gasteiger partial charge < -0.3 is 15.4 Å². The number of carbonyl (C=O) groups is 1. The molecule has 2 N–H and O–H groups in total. The van der Waals surface area contributed by atoms with Crippen LogP contribution >= 0.6 is 11.3 Å². The van der Waals surface area contributed by atoms with E-state index in [0.29, 0.717) is 6.42 Å². The number of rotatable bonds is 7. The largest absolute Gasteiger partial charge is 0.469 e. The lowest BCUT2D eigenvalue weighted by atomic mass is 10.1. The summed E-state index contributed by atoms with van der Waals surface area (Å²) in [5, 5.41) is 8.84. The van der Waals surface area contributed by atoms with Gasteiger partial charge in [-0.3, -0.25) is 4.79 Å². The first-order valence-electron chi connectivity index (χ1n) is 6.51. The predicted molar refractivity (Wildman–Crippen MR) is 79.5 cm³/mol. The van der Waals surface area contributed by atoms with Crippen LogP contribution in [0.25, 0.3) is 0 Å². The second kappa shape index (κ2) is 7.62. The molecule has 1 atom stereocenters. The van der Waals surface area contributed by atoms with E-state index in [4.69, 9.17) is 4.74 Å². The van der Waals surface area contributed by atoms with Crippen molar-refractivity contribution in [3.05, 3.63) is 22.4 Å². The Morgan fingerprint density at radius 2 is 2.16 bits per heavy atom. The molecule has 0 bridgehead atoms. The number of thiophene rings is 1. The van der Waals surface area contributed by atoms with Gasteiger partial charge in [0.2, 0.25) is 0 Å². The molecule has 0 aliphatic rings. The van der Waals surface area contributed by atoms with Gasteiger partial charge in [0.25, 0.3) is 0 Å². The van der Waals surface area contributed by atoms with Crippen LogP contribution < -0.4 is 10.6 Å². The highest BCUT2D eigenvalue weighted by atomic mass is 32.1. The summed E-state index contributed by atoms with van der Waals surface area (Å²) in [5.74, 6) is -0.185. The van der Waals surface area contributed by atoms with Crippen LogP contribution in [0.2, 0.25) is 0 Å². The van der Waals surface area contributed by atoms with Crippen molar-refractivity contribution >= 4 is 17.3 Å². The van der Waals surface area contributed by atoms with Crippen LogP contribution in [0.1, 0.15) is 38.1 Å². The van der Waals surface area contributed by atoms with E-state index < -0.39 is 0 Å². The number of hydrogen-bond acceptors (Lipinski definition) is 5. The number of ether oxygens (including phenoxy) is 1. The van der Waals surface area contributed by atoms with E-state index in [0.717, 1.165) is 13.1 Å². The Bertz CT molecular complexity index is 371. The minimum Gasteiger partial charge on any atom is -0.469 e. The summed E-state index contributed by atoms with van der Waals surface area (Å²) in [5.41, 5.74) is 0.114. The van der Waals surface area contributed by atoms with Crippen molar-refractivity contribution in [1.82, 2.24) is 10.6 Å². The molecule has 0 saturated heterocycles. The molecule has 0 aliphatic carbocycles. The lowest BCUT2D eigenvalue weighted by molar-refractivity contribution is -0.141. The number of hydrogen-bond donors (Lipinski definition) is 2. The maximum atomic E-state index is 11.4. The highest BCUT2D eigenvalue weighted by molar-refractivity contribution is 7.10. The van der Waals surface area contributed by atoms with Crippen molar-refractivity contribution in [3.8, 4) is 0 Å². The Morgan fingerprint density at radius 3 is 2.68 bits per heavy atom. The molecule has 0 radical (unpaired) electrons. The average molecular weight is 284 g/mol. The van der Waals surface area contributed by atoms with Gasteiger partial charge in [0.15, 0.2) is 0 Å². The minimum atomic E-state index is -0.185. The predicted octanol–water partition coefficient (Wildman–Crippen LogP) is 2.33. The molecule has 5 heteroatoms. The summed E-state index contributed by atoms with van der Waals surface area (Å²) >= 11 is 1.66. The molecule has 108 valence electrons. The quantitative estimate of drug-likeness (QED) is 0.596. The zero-order chi connectivity index (χ0) is 14.3. The fraction of sp³-hybridized carbons (Fsp3) is 0.643. The molecule has 0 saturated carbocycles. The molecule has 19 heavy (non-hydrogen) atoms. The lowest BCUT2D eigenvalue weighted by Crippen LogP contribution is -2.41. The monoisotopic (exact) mass is 284 g/mol. The van der Waals surface area contributed by atoms with E-state index in [1.54, 1.807) is 11.3 Å². The molecule has 1 heterocycles. The van der Waals surface area contributed by atoms with Crippen molar-refractivity contribution < 1.29 is 9.53 Å². The van der Waals surface area contributed by atoms with E-state index in [2.05, 4.69) is 31.4 Å². The fourth-order valence-electron chi connectivity index (χ4n) is 1.70. The zero-order valence-corrected chi connectivity index (χ0v) is 13.0. The topological polar surface area (TPSA) is 50.4 Å². The van der Waals surface area contributed by atoms with Crippen molar-refractivity contribution in [2.24, 2.45) is 0 Å². The van der Waals surface area contributed by atoms with Gasteiger partial charge >= 0.3 is 5.97 Å². The number of nitrogens with one attached hydrogen (secondary N) is 2. The standard InChI is InChI=1S/C14H24N2O2S/c1-14(2,3)16-8-7-15-11(10-13(17)18-4)12-6-5-9-19-12/h5-6,9,11,15-16H,7-8,10H2,1-4H3. The Balaban J connectivity index is 2.44. The van der Waals surface area contributed by atoms with Crippen LogP contribution in [0.3, 0.4) is 0 Å².